The van der Waals surface area contributed by atoms with Gasteiger partial charge in [-0.25, -0.2) is 4.98 Å². The highest BCUT2D eigenvalue weighted by molar-refractivity contribution is 7.12. The van der Waals surface area contributed by atoms with E-state index in [4.69, 9.17) is 4.74 Å². The lowest BCUT2D eigenvalue weighted by Gasteiger charge is -2.09. The molecule has 0 aromatic carbocycles. The van der Waals surface area contributed by atoms with Crippen molar-refractivity contribution in [2.45, 2.75) is 27.3 Å². The maximum absolute atomic E-state index is 12.2. The van der Waals surface area contributed by atoms with Crippen LogP contribution < -0.4 is 10.1 Å². The molecule has 0 saturated carbocycles. The first kappa shape index (κ1) is 14.5. The molecule has 0 fully saturated rings. The summed E-state index contributed by atoms with van der Waals surface area (Å²) in [6.45, 7) is 6.84. The number of pyridine rings is 1. The Morgan fingerprint density at radius 2 is 2.25 bits per heavy atom. The van der Waals surface area contributed by atoms with Gasteiger partial charge in [-0.3, -0.25) is 4.79 Å². The van der Waals surface area contributed by atoms with Gasteiger partial charge in [-0.1, -0.05) is 6.07 Å². The van der Waals surface area contributed by atoms with Crippen LogP contribution >= 0.6 is 11.3 Å². The third kappa shape index (κ3) is 3.36. The summed E-state index contributed by atoms with van der Waals surface area (Å²) in [6, 6.07) is 5.66. The van der Waals surface area contributed by atoms with Crippen molar-refractivity contribution in [2.24, 2.45) is 0 Å². The number of nitrogens with one attached hydrogen (secondary N) is 1. The van der Waals surface area contributed by atoms with Gasteiger partial charge in [-0.15, -0.1) is 11.3 Å². The lowest BCUT2D eigenvalue weighted by atomic mass is 10.2. The minimum absolute atomic E-state index is 0.0573. The van der Waals surface area contributed by atoms with E-state index in [1.165, 1.54) is 0 Å². The van der Waals surface area contributed by atoms with Gasteiger partial charge in [0, 0.05) is 28.1 Å². The molecule has 20 heavy (non-hydrogen) atoms. The highest BCUT2D eigenvalue weighted by Gasteiger charge is 2.12. The van der Waals surface area contributed by atoms with Crippen molar-refractivity contribution in [3.05, 3.63) is 45.3 Å². The zero-order chi connectivity index (χ0) is 14.5. The van der Waals surface area contributed by atoms with Crippen LogP contribution in [-0.2, 0) is 6.54 Å². The van der Waals surface area contributed by atoms with Gasteiger partial charge in [0.2, 0.25) is 5.88 Å². The Kier molecular flexibility index (Phi) is 4.74. The average molecular weight is 290 g/mol. The summed E-state index contributed by atoms with van der Waals surface area (Å²) >= 11 is 1.63. The van der Waals surface area contributed by atoms with Crippen LogP contribution in [0.15, 0.2) is 24.4 Å². The standard InChI is InChI=1S/C15H18N2O2S/c1-4-19-15-12(6-5-7-16-15)9-17-14(18)13-8-10(2)20-11(13)3/h5-8H,4,9H2,1-3H3,(H,17,18). The van der Waals surface area contributed by atoms with E-state index in [0.29, 0.717) is 19.0 Å². The number of rotatable bonds is 5. The van der Waals surface area contributed by atoms with Gasteiger partial charge in [-0.2, -0.15) is 0 Å². The van der Waals surface area contributed by atoms with Crippen LogP contribution in [0.3, 0.4) is 0 Å². The maximum atomic E-state index is 12.2. The fourth-order valence-electron chi connectivity index (χ4n) is 1.95. The SMILES string of the molecule is CCOc1ncccc1CNC(=O)c1cc(C)sc1C. The Balaban J connectivity index is 2.05. The van der Waals surface area contributed by atoms with Crippen molar-refractivity contribution in [1.82, 2.24) is 10.3 Å². The molecule has 2 heterocycles. The van der Waals surface area contributed by atoms with Gasteiger partial charge in [0.25, 0.3) is 5.91 Å². The minimum Gasteiger partial charge on any atom is -0.478 e. The first-order valence-corrected chi connectivity index (χ1v) is 7.35. The summed E-state index contributed by atoms with van der Waals surface area (Å²) in [7, 11) is 0. The van der Waals surface area contributed by atoms with Crippen LogP contribution in [-0.4, -0.2) is 17.5 Å². The van der Waals surface area contributed by atoms with Gasteiger partial charge < -0.3 is 10.1 Å². The molecule has 2 rings (SSSR count). The van der Waals surface area contributed by atoms with E-state index >= 15 is 0 Å². The molecule has 0 radical (unpaired) electrons. The predicted molar refractivity (Wildman–Crippen MR) is 80.4 cm³/mol. The lowest BCUT2D eigenvalue weighted by molar-refractivity contribution is 0.0950. The highest BCUT2D eigenvalue weighted by Crippen LogP contribution is 2.21. The smallest absolute Gasteiger partial charge is 0.252 e. The van der Waals surface area contributed by atoms with Crippen molar-refractivity contribution in [2.75, 3.05) is 6.61 Å². The topological polar surface area (TPSA) is 51.2 Å². The normalized spacial score (nSPS) is 10.3. The van der Waals surface area contributed by atoms with E-state index in [9.17, 15) is 4.79 Å². The number of aryl methyl sites for hydroxylation is 2. The quantitative estimate of drug-likeness (QED) is 0.920. The summed E-state index contributed by atoms with van der Waals surface area (Å²) in [5, 5.41) is 2.92. The van der Waals surface area contributed by atoms with Crippen molar-refractivity contribution in [1.29, 1.82) is 0 Å². The fraction of sp³-hybridized carbons (Fsp3) is 0.333. The monoisotopic (exact) mass is 290 g/mol. The molecule has 0 atom stereocenters. The van der Waals surface area contributed by atoms with Crippen LogP contribution in [0.1, 0.15) is 32.6 Å². The third-order valence-corrected chi connectivity index (χ3v) is 3.82. The average Bonchev–Trinajstić information content (AvgIpc) is 2.77. The molecule has 4 nitrogen and oxygen atoms in total. The summed E-state index contributed by atoms with van der Waals surface area (Å²) < 4.78 is 5.44. The zero-order valence-corrected chi connectivity index (χ0v) is 12.7. The summed E-state index contributed by atoms with van der Waals surface area (Å²) in [5.41, 5.74) is 1.63. The highest BCUT2D eigenvalue weighted by atomic mass is 32.1. The first-order valence-electron chi connectivity index (χ1n) is 6.53. The molecule has 1 amide bonds. The Labute approximate surface area is 122 Å². The summed E-state index contributed by atoms with van der Waals surface area (Å²) in [5.74, 6) is 0.520. The van der Waals surface area contributed by atoms with Crippen LogP contribution in [0.5, 0.6) is 5.88 Å². The van der Waals surface area contributed by atoms with E-state index in [-0.39, 0.29) is 5.91 Å². The first-order chi connectivity index (χ1) is 9.61. The number of nitrogens with zero attached hydrogens (tertiary/aromatic N) is 1. The van der Waals surface area contributed by atoms with Crippen molar-refractivity contribution in [3.8, 4) is 5.88 Å². The molecule has 5 heteroatoms. The number of carbonyl (C=O) groups is 1. The van der Waals surface area contributed by atoms with Gasteiger partial charge in [0.1, 0.15) is 0 Å². The number of hydrogen-bond donors (Lipinski definition) is 1. The van der Waals surface area contributed by atoms with Crippen molar-refractivity contribution in [3.63, 3.8) is 0 Å². The van der Waals surface area contributed by atoms with Gasteiger partial charge in [-0.05, 0) is 32.9 Å². The number of ether oxygens (including phenoxy) is 1. The van der Waals surface area contributed by atoms with Crippen LogP contribution in [0, 0.1) is 13.8 Å². The Morgan fingerprint density at radius 3 is 2.90 bits per heavy atom. The number of hydrogen-bond acceptors (Lipinski definition) is 4. The van der Waals surface area contributed by atoms with E-state index in [1.54, 1.807) is 17.5 Å². The van der Waals surface area contributed by atoms with Gasteiger partial charge in [0.05, 0.1) is 12.2 Å². The van der Waals surface area contributed by atoms with Crippen LogP contribution in [0.2, 0.25) is 0 Å². The summed E-state index contributed by atoms with van der Waals surface area (Å²) in [4.78, 5) is 18.5. The molecular weight excluding hydrogens is 272 g/mol. The Hall–Kier alpha value is -1.88. The predicted octanol–water partition coefficient (Wildman–Crippen LogP) is 3.09. The molecule has 0 aliphatic heterocycles. The second-order valence-electron chi connectivity index (χ2n) is 4.41. The van der Waals surface area contributed by atoms with Crippen molar-refractivity contribution >= 4 is 17.2 Å². The van der Waals surface area contributed by atoms with E-state index in [0.717, 1.165) is 20.9 Å². The van der Waals surface area contributed by atoms with E-state index in [1.807, 2.05) is 39.0 Å². The van der Waals surface area contributed by atoms with E-state index < -0.39 is 0 Å². The largest absolute Gasteiger partial charge is 0.478 e. The summed E-state index contributed by atoms with van der Waals surface area (Å²) in [6.07, 6.45) is 1.68. The van der Waals surface area contributed by atoms with Gasteiger partial charge >= 0.3 is 0 Å². The molecule has 0 saturated heterocycles. The number of thiophene rings is 1. The molecule has 1 N–H and O–H groups in total. The molecule has 2 aromatic heterocycles. The molecule has 0 aliphatic rings. The Morgan fingerprint density at radius 1 is 1.45 bits per heavy atom. The second kappa shape index (κ2) is 6.52. The molecule has 2 aromatic rings. The second-order valence-corrected chi connectivity index (χ2v) is 5.87. The van der Waals surface area contributed by atoms with E-state index in [2.05, 4.69) is 10.3 Å². The molecule has 0 bridgehead atoms. The van der Waals surface area contributed by atoms with Crippen LogP contribution in [0.4, 0.5) is 0 Å². The zero-order valence-electron chi connectivity index (χ0n) is 11.9. The maximum Gasteiger partial charge on any atom is 0.252 e. The number of amides is 1. The molecule has 0 unspecified atom stereocenters. The molecular formula is C15H18N2O2S. The number of carbonyl (C=O) groups excluding carboxylic acids is 1. The lowest BCUT2D eigenvalue weighted by Crippen LogP contribution is -2.23. The number of aromatic nitrogens is 1. The molecule has 0 spiro atoms. The van der Waals surface area contributed by atoms with Gasteiger partial charge in [0.15, 0.2) is 0 Å². The molecule has 0 aliphatic carbocycles. The van der Waals surface area contributed by atoms with Crippen LogP contribution in [0.25, 0.3) is 0 Å². The minimum atomic E-state index is -0.0573. The fourth-order valence-corrected chi connectivity index (χ4v) is 2.87. The third-order valence-electron chi connectivity index (χ3n) is 2.86. The Bertz CT molecular complexity index is 608. The van der Waals surface area contributed by atoms with Crippen molar-refractivity contribution < 1.29 is 9.53 Å². The molecule has 106 valence electrons.